The van der Waals surface area contributed by atoms with Crippen LogP contribution >= 0.6 is 11.1 Å². The van der Waals surface area contributed by atoms with Crippen LogP contribution in [0.15, 0.2) is 24.3 Å². The van der Waals surface area contributed by atoms with Gasteiger partial charge in [0, 0.05) is 0 Å². The van der Waals surface area contributed by atoms with Gasteiger partial charge in [0.1, 0.15) is 13.9 Å². The maximum atomic E-state index is 12.2. The van der Waals surface area contributed by atoms with Gasteiger partial charge >= 0.3 is 6.61 Å². The first-order valence-electron chi connectivity index (χ1n) is 10.8. The van der Waals surface area contributed by atoms with Gasteiger partial charge in [0.25, 0.3) is 0 Å². The summed E-state index contributed by atoms with van der Waals surface area (Å²) >= 11 is 6.39. The number of aryl methyl sites for hydroxylation is 1. The predicted octanol–water partition coefficient (Wildman–Crippen LogP) is 7.18. The molecule has 2 aliphatic rings. The fourth-order valence-corrected chi connectivity index (χ4v) is 7.72. The van der Waals surface area contributed by atoms with Crippen molar-refractivity contribution in [3.05, 3.63) is 29.8 Å². The molecule has 1 aliphatic heterocycles. The largest absolute Gasteiger partial charge is 0.435 e. The van der Waals surface area contributed by atoms with Crippen LogP contribution in [0.1, 0.15) is 63.4 Å². The fraction of sp³-hybridized carbons (Fsp3) is 0.727. The Kier molecular flexibility index (Phi) is 8.44. The number of unbranched alkanes of at least 4 members (excludes halogenated alkanes) is 1. The number of rotatable bonds is 8. The van der Waals surface area contributed by atoms with Crippen molar-refractivity contribution in [2.75, 3.05) is 0 Å². The molecule has 3 rings (SSSR count). The zero-order chi connectivity index (χ0) is 19.1. The van der Waals surface area contributed by atoms with E-state index in [0.29, 0.717) is 0 Å². The van der Waals surface area contributed by atoms with Gasteiger partial charge in [-0.15, -0.1) is 0 Å². The van der Waals surface area contributed by atoms with Gasteiger partial charge in [-0.05, 0) is 73.2 Å². The van der Waals surface area contributed by atoms with Crippen molar-refractivity contribution >= 4 is 19.2 Å². The summed E-state index contributed by atoms with van der Waals surface area (Å²) < 4.78 is 28.7. The van der Waals surface area contributed by atoms with E-state index in [9.17, 15) is 8.78 Å². The molecule has 1 aromatic carbocycles. The van der Waals surface area contributed by atoms with Gasteiger partial charge in [-0.1, -0.05) is 50.7 Å². The number of halogens is 3. The van der Waals surface area contributed by atoms with Gasteiger partial charge in [-0.25, -0.2) is 0 Å². The average molecular weight is 415 g/mol. The Morgan fingerprint density at radius 2 is 1.56 bits per heavy atom. The molecule has 1 saturated carbocycles. The minimum atomic E-state index is -2.75. The Labute approximate surface area is 169 Å². The first kappa shape index (κ1) is 21.1. The third-order valence-electron chi connectivity index (χ3n) is 6.74. The second kappa shape index (κ2) is 10.8. The summed E-state index contributed by atoms with van der Waals surface area (Å²) in [7, 11) is -0.823. The Morgan fingerprint density at radius 1 is 0.926 bits per heavy atom. The zero-order valence-corrected chi connectivity index (χ0v) is 18.1. The maximum absolute atomic E-state index is 12.2. The third-order valence-corrected chi connectivity index (χ3v) is 9.96. The molecule has 5 heteroatoms. The van der Waals surface area contributed by atoms with Crippen LogP contribution in [0.5, 0.6) is 5.75 Å². The molecule has 0 N–H and O–H groups in total. The van der Waals surface area contributed by atoms with Gasteiger partial charge in [0.2, 0.25) is 0 Å². The molecule has 1 aliphatic carbocycles. The highest BCUT2D eigenvalue weighted by Crippen LogP contribution is 2.41. The van der Waals surface area contributed by atoms with E-state index in [-0.39, 0.29) is 5.75 Å². The summed E-state index contributed by atoms with van der Waals surface area (Å²) in [6.45, 7) is -2.75. The van der Waals surface area contributed by atoms with Crippen LogP contribution in [0.3, 0.4) is 0 Å². The van der Waals surface area contributed by atoms with Crippen molar-refractivity contribution in [1.82, 2.24) is 0 Å². The molecule has 0 radical (unpaired) electrons. The summed E-state index contributed by atoms with van der Waals surface area (Å²) in [5.41, 5.74) is 1.21. The molecular formula is C22H33ClF2OSi. The monoisotopic (exact) mass is 414 g/mol. The topological polar surface area (TPSA) is 9.23 Å². The standard InChI is InChI=1S/C22H33ClF2OSi/c23-27-15-13-20(14-16-27)19-9-5-17(6-10-19)3-1-2-4-18-7-11-21(12-8-18)26-22(24)25/h7-8,11-12,17,19-20,22,27H,1-6,9-10,13-16H2. The second-order valence-corrected chi connectivity index (χ2v) is 12.8. The van der Waals surface area contributed by atoms with Gasteiger partial charge in [0.05, 0.1) is 0 Å². The normalized spacial score (nSPS) is 29.0. The van der Waals surface area contributed by atoms with Crippen LogP contribution in [-0.4, -0.2) is 14.7 Å². The lowest BCUT2D eigenvalue weighted by molar-refractivity contribution is -0.0498. The van der Waals surface area contributed by atoms with E-state index in [1.807, 2.05) is 12.1 Å². The molecule has 2 fully saturated rings. The van der Waals surface area contributed by atoms with Crippen LogP contribution in [0.4, 0.5) is 8.78 Å². The molecule has 0 aromatic heterocycles. The molecule has 1 saturated heterocycles. The Balaban J connectivity index is 1.28. The molecule has 0 atom stereocenters. The minimum absolute atomic E-state index is 0.243. The summed E-state index contributed by atoms with van der Waals surface area (Å²) in [6, 6.07) is 9.82. The second-order valence-electron chi connectivity index (χ2n) is 8.56. The molecule has 1 heterocycles. The van der Waals surface area contributed by atoms with Crippen molar-refractivity contribution in [3.8, 4) is 5.75 Å². The van der Waals surface area contributed by atoms with Crippen molar-refractivity contribution in [1.29, 1.82) is 0 Å². The van der Waals surface area contributed by atoms with Gasteiger partial charge in [-0.3, -0.25) is 0 Å². The van der Waals surface area contributed by atoms with E-state index in [2.05, 4.69) is 4.74 Å². The van der Waals surface area contributed by atoms with Crippen LogP contribution in [0.2, 0.25) is 12.1 Å². The Hall–Kier alpha value is -0.613. The molecular weight excluding hydrogens is 382 g/mol. The molecule has 0 unspecified atom stereocenters. The predicted molar refractivity (Wildman–Crippen MR) is 111 cm³/mol. The quantitative estimate of drug-likeness (QED) is 0.248. The molecule has 152 valence electrons. The van der Waals surface area contributed by atoms with E-state index in [1.54, 1.807) is 12.1 Å². The van der Waals surface area contributed by atoms with Gasteiger partial charge in [-0.2, -0.15) is 19.9 Å². The summed E-state index contributed by atoms with van der Waals surface area (Å²) in [5.74, 6) is 3.12. The molecule has 0 bridgehead atoms. The van der Waals surface area contributed by atoms with Gasteiger partial charge < -0.3 is 4.74 Å². The molecule has 0 spiro atoms. The summed E-state index contributed by atoms with van der Waals surface area (Å²) in [5, 5.41) is 0. The summed E-state index contributed by atoms with van der Waals surface area (Å²) in [4.78, 5) is 0. The maximum Gasteiger partial charge on any atom is 0.387 e. The highest BCUT2D eigenvalue weighted by molar-refractivity contribution is 7.07. The lowest BCUT2D eigenvalue weighted by Gasteiger charge is -2.36. The SMILES string of the molecule is FC(F)Oc1ccc(CCCCC2CCC(C3CC[SiH](Cl)CC3)CC2)cc1. The highest BCUT2D eigenvalue weighted by Gasteiger charge is 2.30. The third kappa shape index (κ3) is 7.05. The molecule has 1 aromatic rings. The Morgan fingerprint density at radius 3 is 2.19 bits per heavy atom. The van der Waals surface area contributed by atoms with E-state index in [4.69, 9.17) is 11.1 Å². The smallest absolute Gasteiger partial charge is 0.387 e. The van der Waals surface area contributed by atoms with Crippen molar-refractivity contribution in [3.63, 3.8) is 0 Å². The number of hydrogen-bond donors (Lipinski definition) is 0. The van der Waals surface area contributed by atoms with Crippen molar-refractivity contribution < 1.29 is 13.5 Å². The number of hydrogen-bond acceptors (Lipinski definition) is 1. The lowest BCUT2D eigenvalue weighted by Crippen LogP contribution is -2.26. The van der Waals surface area contributed by atoms with Crippen LogP contribution in [-0.2, 0) is 6.42 Å². The average Bonchev–Trinajstić information content (AvgIpc) is 2.67. The first-order valence-corrected chi connectivity index (χ1v) is 14.2. The van der Waals surface area contributed by atoms with E-state index < -0.39 is 14.7 Å². The summed E-state index contributed by atoms with van der Waals surface area (Å²) in [6.07, 6.45) is 13.4. The van der Waals surface area contributed by atoms with E-state index in [1.165, 1.54) is 75.4 Å². The van der Waals surface area contributed by atoms with E-state index in [0.717, 1.165) is 24.2 Å². The highest BCUT2D eigenvalue weighted by atomic mass is 35.6. The van der Waals surface area contributed by atoms with Crippen LogP contribution in [0, 0.1) is 17.8 Å². The van der Waals surface area contributed by atoms with Gasteiger partial charge in [0.15, 0.2) is 0 Å². The van der Waals surface area contributed by atoms with Crippen molar-refractivity contribution in [2.45, 2.75) is 82.9 Å². The zero-order valence-electron chi connectivity index (χ0n) is 16.2. The number of benzene rings is 1. The number of alkyl halides is 2. The molecule has 27 heavy (non-hydrogen) atoms. The molecule has 1 nitrogen and oxygen atoms in total. The molecule has 0 amide bonds. The number of ether oxygens (including phenoxy) is 1. The van der Waals surface area contributed by atoms with E-state index >= 15 is 0 Å². The fourth-order valence-electron chi connectivity index (χ4n) is 5.10. The van der Waals surface area contributed by atoms with Crippen LogP contribution in [0.25, 0.3) is 0 Å². The Bertz CT molecular complexity index is 538. The lowest BCUT2D eigenvalue weighted by atomic mass is 9.73. The first-order chi connectivity index (χ1) is 13.1. The van der Waals surface area contributed by atoms with Crippen LogP contribution < -0.4 is 4.74 Å². The minimum Gasteiger partial charge on any atom is -0.435 e. The van der Waals surface area contributed by atoms with Crippen molar-refractivity contribution in [2.24, 2.45) is 17.8 Å².